The fraction of sp³-hybridized carbons (Fsp3) is 0.273. The fourth-order valence-electron chi connectivity index (χ4n) is 3.46. The van der Waals surface area contributed by atoms with E-state index < -0.39 is 0 Å². The lowest BCUT2D eigenvalue weighted by Crippen LogP contribution is -2.23. The minimum absolute atomic E-state index is 0.161. The second-order valence-electron chi connectivity index (χ2n) is 6.84. The number of aromatic nitrogens is 2. The average Bonchev–Trinajstić information content (AvgIpc) is 3.32. The number of nitrogens with one attached hydrogen (secondary N) is 2. The highest BCUT2D eigenvalue weighted by Crippen LogP contribution is 2.35. The molecule has 0 bridgehead atoms. The van der Waals surface area contributed by atoms with Gasteiger partial charge in [0.1, 0.15) is 17.6 Å². The quantitative estimate of drug-likeness (QED) is 0.686. The Morgan fingerprint density at radius 3 is 2.93 bits per heavy atom. The molecule has 0 fully saturated rings. The molecule has 0 aliphatic carbocycles. The van der Waals surface area contributed by atoms with E-state index in [1.807, 2.05) is 56.3 Å². The third kappa shape index (κ3) is 3.58. The predicted molar refractivity (Wildman–Crippen MR) is 107 cm³/mol. The number of nitrogens with zero attached hydrogens (tertiary/aromatic N) is 1. The molecule has 1 unspecified atom stereocenters. The normalized spacial score (nSPS) is 15.0. The van der Waals surface area contributed by atoms with Gasteiger partial charge in [-0.05, 0) is 26.0 Å². The third-order valence-electron chi connectivity index (χ3n) is 4.76. The Kier molecular flexibility index (Phi) is 5.02. The molecule has 4 rings (SSSR count). The number of aromatic amines is 1. The van der Waals surface area contributed by atoms with Crippen molar-refractivity contribution in [1.29, 1.82) is 0 Å². The van der Waals surface area contributed by atoms with Crippen molar-refractivity contribution in [3.63, 3.8) is 0 Å². The van der Waals surface area contributed by atoms with Gasteiger partial charge < -0.3 is 14.8 Å². The minimum Gasteiger partial charge on any atom is -0.494 e. The lowest BCUT2D eigenvalue weighted by molar-refractivity contribution is 0.0951. The van der Waals surface area contributed by atoms with E-state index in [0.717, 1.165) is 34.6 Å². The molecule has 0 radical (unpaired) electrons. The monoisotopic (exact) mass is 377 g/mol. The van der Waals surface area contributed by atoms with Gasteiger partial charge in [0.25, 0.3) is 5.91 Å². The van der Waals surface area contributed by atoms with Crippen LogP contribution in [-0.4, -0.2) is 28.8 Å². The van der Waals surface area contributed by atoms with Crippen molar-refractivity contribution in [3.05, 3.63) is 65.4 Å². The van der Waals surface area contributed by atoms with Crippen molar-refractivity contribution in [3.8, 4) is 22.8 Å². The molecule has 1 aliphatic heterocycles. The molecule has 2 heterocycles. The van der Waals surface area contributed by atoms with E-state index in [1.54, 1.807) is 6.20 Å². The molecule has 144 valence electrons. The second-order valence-corrected chi connectivity index (χ2v) is 6.84. The minimum atomic E-state index is -0.190. The predicted octanol–water partition coefficient (Wildman–Crippen LogP) is 3.73. The molecule has 1 amide bonds. The number of rotatable bonds is 6. The van der Waals surface area contributed by atoms with Gasteiger partial charge in [0.05, 0.1) is 24.1 Å². The number of carbonyl (C=O) groups excluding carboxylic acids is 1. The zero-order valence-corrected chi connectivity index (χ0v) is 16.0. The summed E-state index contributed by atoms with van der Waals surface area (Å²) in [6, 6.07) is 13.7. The number of hydrogen-bond donors (Lipinski definition) is 2. The lowest BCUT2D eigenvalue weighted by atomic mass is 10.1. The van der Waals surface area contributed by atoms with Crippen LogP contribution < -0.4 is 14.8 Å². The first kappa shape index (κ1) is 18.1. The standard InChI is InChI=1S/C22H23N3O3/c1-3-27-19-10-16-9-14(2)28-20(16)11-17(19)12-23-22(26)18-13-24-25-21(18)15-7-5-4-6-8-15/h4-8,10-11,13-14H,3,9,12H2,1-2H3,(H,23,26)(H,24,25). The maximum atomic E-state index is 12.8. The molecular weight excluding hydrogens is 354 g/mol. The number of H-pyrrole nitrogens is 1. The van der Waals surface area contributed by atoms with Gasteiger partial charge in [-0.1, -0.05) is 30.3 Å². The average molecular weight is 377 g/mol. The van der Waals surface area contributed by atoms with E-state index in [0.29, 0.717) is 24.4 Å². The van der Waals surface area contributed by atoms with Crippen LogP contribution in [0.3, 0.4) is 0 Å². The molecule has 2 aromatic carbocycles. The molecule has 3 aromatic rings. The summed E-state index contributed by atoms with van der Waals surface area (Å²) in [6.07, 6.45) is 2.58. The molecule has 6 nitrogen and oxygen atoms in total. The largest absolute Gasteiger partial charge is 0.494 e. The molecule has 0 saturated heterocycles. The van der Waals surface area contributed by atoms with Crippen molar-refractivity contribution >= 4 is 5.91 Å². The van der Waals surface area contributed by atoms with E-state index in [9.17, 15) is 4.79 Å². The van der Waals surface area contributed by atoms with Gasteiger partial charge in [-0.2, -0.15) is 5.10 Å². The van der Waals surface area contributed by atoms with E-state index in [4.69, 9.17) is 9.47 Å². The van der Waals surface area contributed by atoms with Crippen LogP contribution >= 0.6 is 0 Å². The second kappa shape index (κ2) is 7.76. The van der Waals surface area contributed by atoms with E-state index in [-0.39, 0.29) is 12.0 Å². The molecular formula is C22H23N3O3. The Hall–Kier alpha value is -3.28. The summed E-state index contributed by atoms with van der Waals surface area (Å²) in [5, 5.41) is 9.94. The Morgan fingerprint density at radius 2 is 2.14 bits per heavy atom. The zero-order valence-electron chi connectivity index (χ0n) is 16.0. The summed E-state index contributed by atoms with van der Waals surface area (Å²) in [5.74, 6) is 1.47. The zero-order chi connectivity index (χ0) is 19.5. The van der Waals surface area contributed by atoms with Crippen molar-refractivity contribution in [2.24, 2.45) is 0 Å². The van der Waals surface area contributed by atoms with Crippen LogP contribution in [0, 0.1) is 0 Å². The van der Waals surface area contributed by atoms with Crippen LogP contribution in [-0.2, 0) is 13.0 Å². The summed E-state index contributed by atoms with van der Waals surface area (Å²) in [6.45, 7) is 4.91. The van der Waals surface area contributed by atoms with Gasteiger partial charge in [0, 0.05) is 29.7 Å². The maximum absolute atomic E-state index is 12.8. The Morgan fingerprint density at radius 1 is 1.32 bits per heavy atom. The molecule has 1 aliphatic rings. The molecule has 2 N–H and O–H groups in total. The van der Waals surface area contributed by atoms with E-state index >= 15 is 0 Å². The first-order chi connectivity index (χ1) is 13.7. The van der Waals surface area contributed by atoms with Gasteiger partial charge in [0.2, 0.25) is 0 Å². The highest BCUT2D eigenvalue weighted by molar-refractivity contribution is 5.99. The Bertz CT molecular complexity index is 982. The summed E-state index contributed by atoms with van der Waals surface area (Å²) in [4.78, 5) is 12.8. The van der Waals surface area contributed by atoms with Crippen LogP contribution in [0.5, 0.6) is 11.5 Å². The third-order valence-corrected chi connectivity index (χ3v) is 4.76. The molecule has 28 heavy (non-hydrogen) atoms. The highest BCUT2D eigenvalue weighted by Gasteiger charge is 2.22. The summed E-state index contributed by atoms with van der Waals surface area (Å²) >= 11 is 0. The van der Waals surface area contributed by atoms with Gasteiger partial charge >= 0.3 is 0 Å². The number of carbonyl (C=O) groups is 1. The topological polar surface area (TPSA) is 76.2 Å². The highest BCUT2D eigenvalue weighted by atomic mass is 16.5. The Labute approximate surface area is 163 Å². The van der Waals surface area contributed by atoms with E-state index in [2.05, 4.69) is 15.5 Å². The number of benzene rings is 2. The van der Waals surface area contributed by atoms with Crippen LogP contribution in [0.2, 0.25) is 0 Å². The number of fused-ring (bicyclic) bond motifs is 1. The lowest BCUT2D eigenvalue weighted by Gasteiger charge is -2.13. The molecule has 1 aromatic heterocycles. The van der Waals surface area contributed by atoms with Crippen LogP contribution in [0.15, 0.2) is 48.7 Å². The molecule has 1 atom stereocenters. The smallest absolute Gasteiger partial charge is 0.255 e. The maximum Gasteiger partial charge on any atom is 0.255 e. The Balaban J connectivity index is 1.53. The van der Waals surface area contributed by atoms with Crippen molar-refractivity contribution in [2.75, 3.05) is 6.61 Å². The van der Waals surface area contributed by atoms with Gasteiger partial charge in [-0.15, -0.1) is 0 Å². The number of ether oxygens (including phenoxy) is 2. The summed E-state index contributed by atoms with van der Waals surface area (Å²) < 4.78 is 11.6. The number of amides is 1. The van der Waals surface area contributed by atoms with Gasteiger partial charge in [-0.25, -0.2) is 0 Å². The SMILES string of the molecule is CCOc1cc2c(cc1CNC(=O)c1cn[nH]c1-c1ccccc1)OC(C)C2. The van der Waals surface area contributed by atoms with Crippen molar-refractivity contribution < 1.29 is 14.3 Å². The molecule has 6 heteroatoms. The van der Waals surface area contributed by atoms with Crippen molar-refractivity contribution in [2.45, 2.75) is 32.9 Å². The van der Waals surface area contributed by atoms with Crippen LogP contribution in [0.25, 0.3) is 11.3 Å². The van der Waals surface area contributed by atoms with Gasteiger partial charge in [-0.3, -0.25) is 9.89 Å². The first-order valence-corrected chi connectivity index (χ1v) is 9.48. The van der Waals surface area contributed by atoms with Crippen LogP contribution in [0.1, 0.15) is 35.3 Å². The molecule has 0 spiro atoms. The van der Waals surface area contributed by atoms with Gasteiger partial charge in [0.15, 0.2) is 0 Å². The number of hydrogen-bond acceptors (Lipinski definition) is 4. The summed E-state index contributed by atoms with van der Waals surface area (Å²) in [7, 11) is 0. The first-order valence-electron chi connectivity index (χ1n) is 9.48. The van der Waals surface area contributed by atoms with Crippen molar-refractivity contribution in [1.82, 2.24) is 15.5 Å². The fourth-order valence-corrected chi connectivity index (χ4v) is 3.46. The van der Waals surface area contributed by atoms with E-state index in [1.165, 1.54) is 0 Å². The summed E-state index contributed by atoms with van der Waals surface area (Å²) in [5.41, 5.74) is 4.17. The van der Waals surface area contributed by atoms with Crippen LogP contribution in [0.4, 0.5) is 0 Å². The molecule has 0 saturated carbocycles.